The van der Waals surface area contributed by atoms with Crippen molar-refractivity contribution in [3.8, 4) is 11.4 Å². The summed E-state index contributed by atoms with van der Waals surface area (Å²) in [6.45, 7) is 2.46. The molecule has 3 aliphatic heterocycles. The van der Waals surface area contributed by atoms with E-state index in [1.165, 1.54) is 12.3 Å². The Balaban J connectivity index is 1.53. The summed E-state index contributed by atoms with van der Waals surface area (Å²) >= 11 is 0. The molecule has 0 radical (unpaired) electrons. The number of likely N-dealkylation sites (tertiary alicyclic amines) is 1. The average molecular weight is 408 g/mol. The van der Waals surface area contributed by atoms with Crippen molar-refractivity contribution < 1.29 is 27.6 Å². The Kier molecular flexibility index (Phi) is 4.60. The van der Waals surface area contributed by atoms with Crippen molar-refractivity contribution in [2.75, 3.05) is 13.1 Å². The van der Waals surface area contributed by atoms with Gasteiger partial charge >= 0.3 is 6.18 Å². The first-order valence-electron chi connectivity index (χ1n) is 9.12. The zero-order valence-corrected chi connectivity index (χ0v) is 15.6. The lowest BCUT2D eigenvalue weighted by Crippen LogP contribution is -2.48. The van der Waals surface area contributed by atoms with Crippen LogP contribution in [-0.2, 0) is 12.7 Å². The number of amides is 1. The number of aryl methyl sites for hydroxylation is 1. The fourth-order valence-corrected chi connectivity index (χ4v) is 3.70. The molecule has 4 heterocycles. The van der Waals surface area contributed by atoms with Crippen LogP contribution in [0.3, 0.4) is 0 Å². The molecule has 3 aliphatic rings. The molecule has 1 aromatic rings. The molecule has 1 N–H and O–H groups in total. The first kappa shape index (κ1) is 19.4. The maximum Gasteiger partial charge on any atom is 0.433 e. The van der Waals surface area contributed by atoms with Gasteiger partial charge in [0.1, 0.15) is 11.5 Å². The smallest absolute Gasteiger partial charge is 0.388 e. The Morgan fingerprint density at radius 1 is 1.31 bits per heavy atom. The van der Waals surface area contributed by atoms with Crippen LogP contribution >= 0.6 is 0 Å². The number of piperidine rings is 1. The van der Waals surface area contributed by atoms with E-state index < -0.39 is 17.5 Å². The Morgan fingerprint density at radius 2 is 2.03 bits per heavy atom. The van der Waals surface area contributed by atoms with E-state index in [1.54, 1.807) is 28.7 Å². The highest BCUT2D eigenvalue weighted by Gasteiger charge is 2.38. The fourth-order valence-electron chi connectivity index (χ4n) is 3.70. The van der Waals surface area contributed by atoms with Gasteiger partial charge in [-0.2, -0.15) is 13.2 Å². The van der Waals surface area contributed by atoms with E-state index in [0.29, 0.717) is 18.7 Å². The lowest BCUT2D eigenvalue weighted by molar-refractivity contribution is -0.140. The molecule has 10 heteroatoms. The summed E-state index contributed by atoms with van der Waals surface area (Å²) in [6, 6.07) is 4.13. The van der Waals surface area contributed by atoms with Gasteiger partial charge in [0.25, 0.3) is 5.91 Å². The van der Waals surface area contributed by atoms with Gasteiger partial charge in [-0.15, -0.1) is 0 Å². The van der Waals surface area contributed by atoms with E-state index in [1.807, 2.05) is 0 Å². The molecule has 0 aromatic carbocycles. The summed E-state index contributed by atoms with van der Waals surface area (Å²) in [4.78, 5) is 17.6. The molecule has 0 saturated carbocycles. The summed E-state index contributed by atoms with van der Waals surface area (Å²) < 4.78 is 45.6. The van der Waals surface area contributed by atoms with Gasteiger partial charge in [0.2, 0.25) is 5.76 Å². The second-order valence-corrected chi connectivity index (χ2v) is 7.46. The minimum absolute atomic E-state index is 0.0871. The third-order valence-corrected chi connectivity index (χ3v) is 5.18. The SMILES string of the molecule is Cc1cc2cc(C(F)(F)F)nc-2n(CC2(O)CCN(C(=O)c3ccno3)CC2)c1. The van der Waals surface area contributed by atoms with E-state index in [9.17, 15) is 23.1 Å². The summed E-state index contributed by atoms with van der Waals surface area (Å²) in [5.74, 6) is 0.00468. The summed E-state index contributed by atoms with van der Waals surface area (Å²) in [6.07, 6.45) is -0.910. The van der Waals surface area contributed by atoms with Crippen LogP contribution in [-0.4, -0.2) is 49.3 Å². The maximum atomic E-state index is 13.1. The number of hydrogen-bond donors (Lipinski definition) is 1. The van der Waals surface area contributed by atoms with Crippen molar-refractivity contribution in [3.05, 3.63) is 47.6 Å². The predicted octanol–water partition coefficient (Wildman–Crippen LogP) is 2.97. The molecule has 0 atom stereocenters. The number of halogens is 3. The quantitative estimate of drug-likeness (QED) is 0.720. The van der Waals surface area contributed by atoms with Crippen LogP contribution in [0, 0.1) is 6.92 Å². The number of carbonyl (C=O) groups excluding carboxylic acids is 1. The third-order valence-electron chi connectivity index (χ3n) is 5.18. The molecule has 1 amide bonds. The zero-order chi connectivity index (χ0) is 20.8. The molecular formula is C19H19F3N4O3. The Bertz CT molecular complexity index is 989. The number of pyridine rings is 1. The lowest BCUT2D eigenvalue weighted by atomic mass is 9.90. The topological polar surface area (TPSA) is 84.4 Å². The van der Waals surface area contributed by atoms with Crippen LogP contribution < -0.4 is 0 Å². The number of alkyl halides is 3. The predicted molar refractivity (Wildman–Crippen MR) is 95.2 cm³/mol. The Labute approximate surface area is 164 Å². The van der Waals surface area contributed by atoms with E-state index in [-0.39, 0.29) is 36.9 Å². The van der Waals surface area contributed by atoms with Crippen molar-refractivity contribution in [1.29, 1.82) is 0 Å². The van der Waals surface area contributed by atoms with Crippen LogP contribution in [0.5, 0.6) is 0 Å². The molecule has 29 heavy (non-hydrogen) atoms. The van der Waals surface area contributed by atoms with E-state index >= 15 is 0 Å². The van der Waals surface area contributed by atoms with Crippen molar-refractivity contribution in [2.45, 2.75) is 38.1 Å². The minimum Gasteiger partial charge on any atom is -0.388 e. The van der Waals surface area contributed by atoms with Crippen LogP contribution in [0.1, 0.15) is 34.7 Å². The monoisotopic (exact) mass is 408 g/mol. The van der Waals surface area contributed by atoms with Gasteiger partial charge < -0.3 is 19.1 Å². The van der Waals surface area contributed by atoms with Crippen molar-refractivity contribution in [2.24, 2.45) is 0 Å². The highest BCUT2D eigenvalue weighted by atomic mass is 19.4. The summed E-state index contributed by atoms with van der Waals surface area (Å²) in [5.41, 5.74) is -0.980. The minimum atomic E-state index is -4.53. The first-order valence-corrected chi connectivity index (χ1v) is 9.12. The average Bonchev–Trinajstić information content (AvgIpc) is 3.31. The molecule has 0 bridgehead atoms. The highest BCUT2D eigenvalue weighted by molar-refractivity contribution is 5.91. The third kappa shape index (κ3) is 3.84. The molecule has 1 saturated heterocycles. The van der Waals surface area contributed by atoms with Gasteiger partial charge in [-0.05, 0) is 37.5 Å². The van der Waals surface area contributed by atoms with Gasteiger partial charge in [-0.3, -0.25) is 4.79 Å². The second-order valence-electron chi connectivity index (χ2n) is 7.46. The lowest BCUT2D eigenvalue weighted by Gasteiger charge is -2.38. The standard InChI is InChI=1S/C19H19F3N4O3/c1-12-8-13-9-15(19(20,21)22)24-16(13)26(10-12)11-18(28)3-6-25(7-4-18)17(27)14-2-5-23-29-14/h2,5,8-10,28H,3-4,6-7,11H2,1H3. The number of fused-ring (bicyclic) bond motifs is 1. The summed E-state index contributed by atoms with van der Waals surface area (Å²) in [7, 11) is 0. The number of carbonyl (C=O) groups is 1. The van der Waals surface area contributed by atoms with E-state index in [0.717, 1.165) is 11.6 Å². The number of aliphatic hydroxyl groups is 1. The normalized spacial score (nSPS) is 17.1. The number of aromatic nitrogens is 3. The van der Waals surface area contributed by atoms with Crippen LogP contribution in [0.25, 0.3) is 11.4 Å². The zero-order valence-electron chi connectivity index (χ0n) is 15.6. The largest absolute Gasteiger partial charge is 0.433 e. The molecule has 0 unspecified atom stereocenters. The Hall–Kier alpha value is -2.88. The Morgan fingerprint density at radius 3 is 2.66 bits per heavy atom. The molecular weight excluding hydrogens is 389 g/mol. The van der Waals surface area contributed by atoms with Gasteiger partial charge in [0.05, 0.1) is 18.3 Å². The molecule has 7 nitrogen and oxygen atoms in total. The number of rotatable bonds is 3. The number of hydrogen-bond acceptors (Lipinski definition) is 5. The molecule has 1 fully saturated rings. The molecule has 154 valence electrons. The molecule has 0 aliphatic carbocycles. The maximum absolute atomic E-state index is 13.1. The molecule has 0 spiro atoms. The van der Waals surface area contributed by atoms with E-state index in [4.69, 9.17) is 4.52 Å². The fraction of sp³-hybridized carbons (Fsp3) is 0.421. The van der Waals surface area contributed by atoms with Gasteiger partial charge in [0, 0.05) is 30.9 Å². The van der Waals surface area contributed by atoms with Crippen LogP contribution in [0.2, 0.25) is 0 Å². The van der Waals surface area contributed by atoms with Gasteiger partial charge in [0.15, 0.2) is 0 Å². The summed E-state index contributed by atoms with van der Waals surface area (Å²) in [5, 5.41) is 14.5. The van der Waals surface area contributed by atoms with Gasteiger partial charge in [-0.1, -0.05) is 5.16 Å². The van der Waals surface area contributed by atoms with Crippen LogP contribution in [0.15, 0.2) is 35.1 Å². The molecule has 1 aromatic heterocycles. The first-order chi connectivity index (χ1) is 13.6. The molecule has 4 rings (SSSR count). The van der Waals surface area contributed by atoms with Crippen LogP contribution in [0.4, 0.5) is 13.2 Å². The second kappa shape index (κ2) is 6.87. The van der Waals surface area contributed by atoms with Crippen molar-refractivity contribution in [1.82, 2.24) is 19.6 Å². The van der Waals surface area contributed by atoms with Crippen molar-refractivity contribution >= 4 is 5.91 Å². The highest BCUT2D eigenvalue weighted by Crippen LogP contribution is 2.35. The van der Waals surface area contributed by atoms with Gasteiger partial charge in [-0.25, -0.2) is 4.98 Å². The number of nitrogens with zero attached hydrogens (tertiary/aromatic N) is 4. The van der Waals surface area contributed by atoms with E-state index in [2.05, 4.69) is 10.1 Å². The van der Waals surface area contributed by atoms with Crippen molar-refractivity contribution in [3.63, 3.8) is 0 Å².